The van der Waals surface area contributed by atoms with Crippen molar-refractivity contribution in [1.29, 1.82) is 0 Å². The van der Waals surface area contributed by atoms with E-state index in [9.17, 15) is 4.79 Å². The Morgan fingerprint density at radius 2 is 2.00 bits per heavy atom. The number of methoxy groups -OCH3 is 1. The van der Waals surface area contributed by atoms with Crippen LogP contribution in [0.5, 0.6) is 5.75 Å². The molecule has 0 saturated heterocycles. The van der Waals surface area contributed by atoms with Gasteiger partial charge in [0.1, 0.15) is 22.8 Å². The summed E-state index contributed by atoms with van der Waals surface area (Å²) in [6.07, 6.45) is 2.71. The molecule has 112 valence electrons. The van der Waals surface area contributed by atoms with Crippen molar-refractivity contribution in [2.75, 3.05) is 7.11 Å². The van der Waals surface area contributed by atoms with Crippen molar-refractivity contribution in [1.82, 2.24) is 9.38 Å². The average molecular weight is 359 g/mol. The molecule has 0 aliphatic carbocycles. The molecule has 2 aromatic heterocycles. The van der Waals surface area contributed by atoms with Crippen LogP contribution in [0.25, 0.3) is 16.9 Å². The minimum atomic E-state index is 0.545. The largest absolute Gasteiger partial charge is 0.496 e. The number of nitrogens with zero attached hydrogens (tertiary/aromatic N) is 2. The third kappa shape index (κ3) is 2.31. The summed E-state index contributed by atoms with van der Waals surface area (Å²) in [5.41, 5.74) is 4.93. The summed E-state index contributed by atoms with van der Waals surface area (Å²) >= 11 is 3.46. The number of carbonyl (C=O) groups excluding carboxylic acids is 1. The van der Waals surface area contributed by atoms with Gasteiger partial charge in [-0.15, -0.1) is 0 Å². The molecule has 3 aromatic rings. The van der Waals surface area contributed by atoms with Crippen LogP contribution < -0.4 is 4.74 Å². The van der Waals surface area contributed by atoms with Crippen molar-refractivity contribution in [2.45, 2.75) is 13.8 Å². The molecule has 1 aromatic carbocycles. The van der Waals surface area contributed by atoms with E-state index in [1.54, 1.807) is 7.11 Å². The Labute approximate surface area is 136 Å². The zero-order valence-electron chi connectivity index (χ0n) is 12.6. The molecular weight excluding hydrogens is 344 g/mol. The fraction of sp³-hybridized carbons (Fsp3) is 0.176. The van der Waals surface area contributed by atoms with Crippen LogP contribution in [0.3, 0.4) is 0 Å². The number of rotatable bonds is 3. The second-order valence-electron chi connectivity index (χ2n) is 5.18. The fourth-order valence-corrected chi connectivity index (χ4v) is 3.18. The number of benzene rings is 1. The minimum absolute atomic E-state index is 0.545. The van der Waals surface area contributed by atoms with Crippen molar-refractivity contribution >= 4 is 27.9 Å². The van der Waals surface area contributed by atoms with Crippen LogP contribution in [0.4, 0.5) is 0 Å². The van der Waals surface area contributed by atoms with Crippen LogP contribution >= 0.6 is 15.9 Å². The first-order chi connectivity index (χ1) is 10.5. The van der Waals surface area contributed by atoms with E-state index in [1.165, 1.54) is 0 Å². The third-order valence-electron chi connectivity index (χ3n) is 3.69. The predicted octanol–water partition coefficient (Wildman–Crippen LogP) is 4.20. The number of aldehydes is 1. The van der Waals surface area contributed by atoms with Gasteiger partial charge in [0.15, 0.2) is 6.29 Å². The Hall–Kier alpha value is -2.14. The van der Waals surface area contributed by atoms with Crippen LogP contribution in [0.2, 0.25) is 0 Å². The first-order valence-corrected chi connectivity index (χ1v) is 7.63. The Morgan fingerprint density at radius 3 is 2.64 bits per heavy atom. The molecule has 0 spiro atoms. The van der Waals surface area contributed by atoms with Crippen LogP contribution in [-0.2, 0) is 0 Å². The van der Waals surface area contributed by atoms with Gasteiger partial charge in [-0.05, 0) is 65.2 Å². The lowest BCUT2D eigenvalue weighted by Crippen LogP contribution is -1.94. The monoisotopic (exact) mass is 358 g/mol. The molecule has 22 heavy (non-hydrogen) atoms. The Kier molecular flexibility index (Phi) is 3.74. The second kappa shape index (κ2) is 5.57. The van der Waals surface area contributed by atoms with Gasteiger partial charge in [-0.3, -0.25) is 9.20 Å². The highest BCUT2D eigenvalue weighted by molar-refractivity contribution is 9.10. The number of pyridine rings is 1. The van der Waals surface area contributed by atoms with Gasteiger partial charge in [-0.25, -0.2) is 4.98 Å². The van der Waals surface area contributed by atoms with Crippen LogP contribution in [0.1, 0.15) is 21.6 Å². The highest BCUT2D eigenvalue weighted by atomic mass is 79.9. The minimum Gasteiger partial charge on any atom is -0.496 e. The molecule has 2 heterocycles. The molecule has 0 aliphatic heterocycles. The number of hydrogen-bond donors (Lipinski definition) is 0. The Balaban J connectivity index is 2.29. The Morgan fingerprint density at radius 1 is 1.23 bits per heavy atom. The molecule has 0 fully saturated rings. The molecule has 5 heteroatoms. The van der Waals surface area contributed by atoms with Crippen molar-refractivity contribution in [3.63, 3.8) is 0 Å². The van der Waals surface area contributed by atoms with Gasteiger partial charge in [0.05, 0.1) is 7.11 Å². The van der Waals surface area contributed by atoms with Gasteiger partial charge < -0.3 is 4.74 Å². The summed E-state index contributed by atoms with van der Waals surface area (Å²) in [5.74, 6) is 0.819. The maximum Gasteiger partial charge on any atom is 0.169 e. The van der Waals surface area contributed by atoms with Gasteiger partial charge in [0.2, 0.25) is 0 Å². The number of aromatic nitrogens is 2. The van der Waals surface area contributed by atoms with Crippen LogP contribution in [0.15, 0.2) is 34.9 Å². The van der Waals surface area contributed by atoms with E-state index < -0.39 is 0 Å². The molecule has 0 bridgehead atoms. The van der Waals surface area contributed by atoms with Crippen molar-refractivity contribution in [3.05, 3.63) is 51.8 Å². The number of imidazole rings is 1. The van der Waals surface area contributed by atoms with Gasteiger partial charge in [0.25, 0.3) is 0 Å². The topological polar surface area (TPSA) is 43.6 Å². The van der Waals surface area contributed by atoms with Gasteiger partial charge in [-0.1, -0.05) is 0 Å². The van der Waals surface area contributed by atoms with E-state index in [0.29, 0.717) is 11.4 Å². The van der Waals surface area contributed by atoms with Gasteiger partial charge in [0, 0.05) is 16.2 Å². The molecule has 4 nitrogen and oxygen atoms in total. The molecule has 0 amide bonds. The SMILES string of the molecule is COc1ccc(-c2nc3c(C)cc(Br)cn3c2C=O)cc1C. The predicted molar refractivity (Wildman–Crippen MR) is 89.7 cm³/mol. The highest BCUT2D eigenvalue weighted by Gasteiger charge is 2.16. The van der Waals surface area contributed by atoms with E-state index in [2.05, 4.69) is 20.9 Å². The smallest absolute Gasteiger partial charge is 0.169 e. The summed E-state index contributed by atoms with van der Waals surface area (Å²) in [6, 6.07) is 7.79. The van der Waals surface area contributed by atoms with E-state index >= 15 is 0 Å². The first-order valence-electron chi connectivity index (χ1n) is 6.83. The second-order valence-corrected chi connectivity index (χ2v) is 6.10. The first kappa shape index (κ1) is 14.8. The highest BCUT2D eigenvalue weighted by Crippen LogP contribution is 2.29. The number of carbonyl (C=O) groups is 1. The number of fused-ring (bicyclic) bond motifs is 1. The normalized spacial score (nSPS) is 10.9. The third-order valence-corrected chi connectivity index (χ3v) is 4.12. The molecule has 0 atom stereocenters. The number of ether oxygens (including phenoxy) is 1. The zero-order chi connectivity index (χ0) is 15.9. The quantitative estimate of drug-likeness (QED) is 0.659. The number of hydrogen-bond acceptors (Lipinski definition) is 3. The fourth-order valence-electron chi connectivity index (χ4n) is 2.64. The zero-order valence-corrected chi connectivity index (χ0v) is 14.1. The summed E-state index contributed by atoms with van der Waals surface area (Å²) < 4.78 is 8.02. The summed E-state index contributed by atoms with van der Waals surface area (Å²) in [7, 11) is 1.64. The number of halogens is 1. The lowest BCUT2D eigenvalue weighted by atomic mass is 10.1. The molecule has 0 radical (unpaired) electrons. The standard InChI is InChI=1S/C17H15BrN2O2/c1-10-6-12(4-5-15(10)22-3)16-14(9-21)20-8-13(18)7-11(2)17(20)19-16/h4-9H,1-3H3. The molecule has 0 N–H and O–H groups in total. The molecule has 0 saturated carbocycles. The molecular formula is C17H15BrN2O2. The van der Waals surface area contributed by atoms with E-state index in [-0.39, 0.29) is 0 Å². The lowest BCUT2D eigenvalue weighted by molar-refractivity contribution is 0.111. The van der Waals surface area contributed by atoms with Crippen molar-refractivity contribution in [3.8, 4) is 17.0 Å². The van der Waals surface area contributed by atoms with Crippen molar-refractivity contribution in [2.24, 2.45) is 0 Å². The van der Waals surface area contributed by atoms with Gasteiger partial charge >= 0.3 is 0 Å². The van der Waals surface area contributed by atoms with Gasteiger partial charge in [-0.2, -0.15) is 0 Å². The maximum atomic E-state index is 11.6. The van der Waals surface area contributed by atoms with E-state index in [1.807, 2.05) is 48.7 Å². The van der Waals surface area contributed by atoms with Crippen LogP contribution in [0, 0.1) is 13.8 Å². The van der Waals surface area contributed by atoms with E-state index in [0.717, 1.165) is 38.8 Å². The van der Waals surface area contributed by atoms with Crippen LogP contribution in [-0.4, -0.2) is 22.8 Å². The summed E-state index contributed by atoms with van der Waals surface area (Å²) in [4.78, 5) is 16.3. The van der Waals surface area contributed by atoms with Crippen molar-refractivity contribution < 1.29 is 9.53 Å². The molecule has 0 aliphatic rings. The molecule has 0 unspecified atom stereocenters. The summed E-state index contributed by atoms with van der Waals surface area (Å²) in [6.45, 7) is 3.95. The molecule has 3 rings (SSSR count). The maximum absolute atomic E-state index is 11.6. The Bertz CT molecular complexity index is 884. The number of aryl methyl sites for hydroxylation is 2. The lowest BCUT2D eigenvalue weighted by Gasteiger charge is -2.06. The van der Waals surface area contributed by atoms with E-state index in [4.69, 9.17) is 4.74 Å². The summed E-state index contributed by atoms with van der Waals surface area (Å²) in [5, 5.41) is 0. The average Bonchev–Trinajstić information content (AvgIpc) is 2.85.